The lowest BCUT2D eigenvalue weighted by molar-refractivity contribution is 0.102. The lowest BCUT2D eigenvalue weighted by atomic mass is 9.96. The molecule has 0 heterocycles. The number of methoxy groups -OCH3 is 2. The minimum atomic E-state index is -0.217. The molecule has 0 fully saturated rings. The number of aliphatic hydroxyl groups is 1. The second-order valence-corrected chi connectivity index (χ2v) is 6.81. The fourth-order valence-corrected chi connectivity index (χ4v) is 3.29. The fraction of sp³-hybridized carbons (Fsp3) is 0.0800. The standard InChI is InChI=1S/C25H21NO4/c1-29-20-5-3-4-18(14-20)22-15-19(10-13-24(22)30-2)26-25(28)17-8-6-16(7-9-17)21-11-12-23(21)27/h3-15,27H,1-2H3,(H,26,28). The second kappa shape index (κ2) is 8.17. The topological polar surface area (TPSA) is 67.8 Å². The smallest absolute Gasteiger partial charge is 0.255 e. The number of rotatable bonds is 6. The molecule has 4 rings (SSSR count). The van der Waals surface area contributed by atoms with Crippen LogP contribution in [0.15, 0.2) is 84.6 Å². The summed E-state index contributed by atoms with van der Waals surface area (Å²) in [5.74, 6) is 1.49. The number of hydrogen-bond donors (Lipinski definition) is 2. The van der Waals surface area contributed by atoms with E-state index in [-0.39, 0.29) is 11.7 Å². The minimum Gasteiger partial charge on any atom is -0.507 e. The van der Waals surface area contributed by atoms with Crippen LogP contribution in [0.3, 0.4) is 0 Å². The monoisotopic (exact) mass is 399 g/mol. The van der Waals surface area contributed by atoms with Gasteiger partial charge in [0, 0.05) is 22.4 Å². The van der Waals surface area contributed by atoms with E-state index in [1.165, 1.54) is 0 Å². The van der Waals surface area contributed by atoms with Crippen LogP contribution in [0.2, 0.25) is 0 Å². The molecule has 5 nitrogen and oxygen atoms in total. The fourth-order valence-electron chi connectivity index (χ4n) is 3.29. The molecule has 0 saturated heterocycles. The van der Waals surface area contributed by atoms with Gasteiger partial charge >= 0.3 is 0 Å². The molecule has 0 spiro atoms. The molecule has 0 radical (unpaired) electrons. The predicted octanol–water partition coefficient (Wildman–Crippen LogP) is 5.46. The van der Waals surface area contributed by atoms with Gasteiger partial charge in [-0.2, -0.15) is 0 Å². The number of nitrogens with one attached hydrogen (secondary N) is 1. The van der Waals surface area contributed by atoms with Crippen LogP contribution in [-0.4, -0.2) is 25.2 Å². The molecule has 0 bridgehead atoms. The van der Waals surface area contributed by atoms with Gasteiger partial charge in [0.15, 0.2) is 0 Å². The van der Waals surface area contributed by atoms with Crippen molar-refractivity contribution in [1.29, 1.82) is 0 Å². The molecule has 0 atom stereocenters. The van der Waals surface area contributed by atoms with E-state index in [1.54, 1.807) is 38.5 Å². The molecule has 0 aromatic heterocycles. The number of hydrogen-bond acceptors (Lipinski definition) is 4. The summed E-state index contributed by atoms with van der Waals surface area (Å²) in [6.07, 6.45) is 3.47. The zero-order valence-electron chi connectivity index (χ0n) is 16.7. The number of ether oxygens (including phenoxy) is 2. The van der Waals surface area contributed by atoms with Crippen LogP contribution < -0.4 is 14.8 Å². The summed E-state index contributed by atoms with van der Waals surface area (Å²) in [6.45, 7) is 0. The molecule has 1 aliphatic carbocycles. The highest BCUT2D eigenvalue weighted by Gasteiger charge is 2.14. The Kier molecular flexibility index (Phi) is 5.26. The first-order valence-electron chi connectivity index (χ1n) is 9.44. The van der Waals surface area contributed by atoms with Gasteiger partial charge in [0.2, 0.25) is 0 Å². The van der Waals surface area contributed by atoms with E-state index < -0.39 is 0 Å². The van der Waals surface area contributed by atoms with Crippen molar-refractivity contribution < 1.29 is 19.4 Å². The Bertz CT molecular complexity index is 1160. The van der Waals surface area contributed by atoms with E-state index in [4.69, 9.17) is 9.47 Å². The van der Waals surface area contributed by atoms with Gasteiger partial charge in [-0.05, 0) is 65.7 Å². The highest BCUT2D eigenvalue weighted by atomic mass is 16.5. The number of benzene rings is 3. The molecule has 0 aliphatic heterocycles. The Morgan fingerprint density at radius 2 is 1.67 bits per heavy atom. The van der Waals surface area contributed by atoms with Gasteiger partial charge in [-0.1, -0.05) is 24.3 Å². The SMILES string of the molecule is COc1cccc(-c2cc(NC(=O)c3ccc(C4=CC=C4O)cc3)ccc2OC)c1. The van der Waals surface area contributed by atoms with Gasteiger partial charge in [0.05, 0.1) is 14.2 Å². The molecule has 30 heavy (non-hydrogen) atoms. The molecule has 150 valence electrons. The van der Waals surface area contributed by atoms with Gasteiger partial charge in [-0.3, -0.25) is 4.79 Å². The molecular formula is C25H21NO4. The quantitative estimate of drug-likeness (QED) is 0.577. The number of anilines is 1. The average Bonchev–Trinajstić information content (AvgIpc) is 2.78. The number of amides is 1. The van der Waals surface area contributed by atoms with Crippen molar-refractivity contribution >= 4 is 17.2 Å². The Labute approximate surface area is 174 Å². The number of allylic oxidation sites excluding steroid dienone is 3. The highest BCUT2D eigenvalue weighted by Crippen LogP contribution is 2.34. The Balaban J connectivity index is 1.56. The van der Waals surface area contributed by atoms with Gasteiger partial charge < -0.3 is 19.9 Å². The van der Waals surface area contributed by atoms with Crippen LogP contribution in [0.25, 0.3) is 16.7 Å². The average molecular weight is 399 g/mol. The maximum absolute atomic E-state index is 12.7. The van der Waals surface area contributed by atoms with Crippen molar-refractivity contribution in [3.8, 4) is 22.6 Å². The normalized spacial score (nSPS) is 12.3. The van der Waals surface area contributed by atoms with Gasteiger partial charge in [-0.25, -0.2) is 0 Å². The zero-order valence-corrected chi connectivity index (χ0v) is 16.7. The van der Waals surface area contributed by atoms with Crippen molar-refractivity contribution in [2.45, 2.75) is 0 Å². The predicted molar refractivity (Wildman–Crippen MR) is 118 cm³/mol. The van der Waals surface area contributed by atoms with E-state index in [0.29, 0.717) is 17.0 Å². The van der Waals surface area contributed by atoms with Crippen LogP contribution in [0, 0.1) is 0 Å². The molecule has 1 amide bonds. The molecule has 1 aliphatic rings. The van der Waals surface area contributed by atoms with Crippen molar-refractivity contribution in [2.75, 3.05) is 19.5 Å². The lowest BCUT2D eigenvalue weighted by Crippen LogP contribution is -2.12. The minimum absolute atomic E-state index is 0.217. The summed E-state index contributed by atoms with van der Waals surface area (Å²) in [7, 11) is 3.24. The van der Waals surface area contributed by atoms with Crippen LogP contribution in [0.5, 0.6) is 11.5 Å². The largest absolute Gasteiger partial charge is 0.507 e. The summed E-state index contributed by atoms with van der Waals surface area (Å²) in [4.78, 5) is 12.7. The Hall–Kier alpha value is -3.99. The first-order chi connectivity index (χ1) is 14.6. The zero-order chi connectivity index (χ0) is 21.1. The third-order valence-electron chi connectivity index (χ3n) is 4.98. The van der Waals surface area contributed by atoms with Gasteiger partial charge in [-0.15, -0.1) is 0 Å². The van der Waals surface area contributed by atoms with Crippen LogP contribution in [-0.2, 0) is 0 Å². The molecule has 5 heteroatoms. The van der Waals surface area contributed by atoms with Crippen molar-refractivity contribution in [3.63, 3.8) is 0 Å². The lowest BCUT2D eigenvalue weighted by Gasteiger charge is -2.14. The third-order valence-corrected chi connectivity index (χ3v) is 4.98. The third kappa shape index (κ3) is 3.78. The highest BCUT2D eigenvalue weighted by molar-refractivity contribution is 6.05. The van der Waals surface area contributed by atoms with Crippen LogP contribution >= 0.6 is 0 Å². The van der Waals surface area contributed by atoms with E-state index in [1.807, 2.05) is 54.6 Å². The van der Waals surface area contributed by atoms with E-state index in [9.17, 15) is 9.90 Å². The summed E-state index contributed by atoms with van der Waals surface area (Å²) in [5, 5.41) is 12.6. The van der Waals surface area contributed by atoms with E-state index in [0.717, 1.165) is 28.0 Å². The van der Waals surface area contributed by atoms with Crippen LogP contribution in [0.1, 0.15) is 15.9 Å². The van der Waals surface area contributed by atoms with E-state index in [2.05, 4.69) is 5.32 Å². The number of carbonyl (C=O) groups excluding carboxylic acids is 1. The summed E-state index contributed by atoms with van der Waals surface area (Å²) in [6, 6.07) is 20.3. The second-order valence-electron chi connectivity index (χ2n) is 6.81. The first kappa shape index (κ1) is 19.3. The maximum atomic E-state index is 12.7. The van der Waals surface area contributed by atoms with Crippen molar-refractivity contribution in [1.82, 2.24) is 0 Å². The maximum Gasteiger partial charge on any atom is 0.255 e. The van der Waals surface area contributed by atoms with E-state index >= 15 is 0 Å². The summed E-state index contributed by atoms with van der Waals surface area (Å²) >= 11 is 0. The number of aliphatic hydroxyl groups excluding tert-OH is 1. The molecular weight excluding hydrogens is 378 g/mol. The van der Waals surface area contributed by atoms with Gasteiger partial charge in [0.1, 0.15) is 17.3 Å². The molecule has 2 N–H and O–H groups in total. The number of carbonyl (C=O) groups is 1. The molecule has 3 aromatic carbocycles. The molecule has 0 unspecified atom stereocenters. The van der Waals surface area contributed by atoms with Crippen molar-refractivity contribution in [2.24, 2.45) is 0 Å². The summed E-state index contributed by atoms with van der Waals surface area (Å²) < 4.78 is 10.8. The van der Waals surface area contributed by atoms with Crippen molar-refractivity contribution in [3.05, 3.63) is 95.8 Å². The molecule has 3 aromatic rings. The first-order valence-corrected chi connectivity index (χ1v) is 9.44. The summed E-state index contributed by atoms with van der Waals surface area (Å²) in [5.41, 5.74) is 4.61. The van der Waals surface area contributed by atoms with Gasteiger partial charge in [0.25, 0.3) is 5.91 Å². The van der Waals surface area contributed by atoms with Crippen LogP contribution in [0.4, 0.5) is 5.69 Å². The molecule has 0 saturated carbocycles. The Morgan fingerprint density at radius 1 is 0.867 bits per heavy atom. The Morgan fingerprint density at radius 3 is 2.30 bits per heavy atom.